The molecule has 0 saturated carbocycles. The van der Waals surface area contributed by atoms with E-state index in [4.69, 9.17) is 11.6 Å². The Kier molecular flexibility index (Phi) is 3.81. The first-order chi connectivity index (χ1) is 9.69. The van der Waals surface area contributed by atoms with Crippen molar-refractivity contribution in [1.82, 2.24) is 15.2 Å². The lowest BCUT2D eigenvalue weighted by Crippen LogP contribution is -2.42. The summed E-state index contributed by atoms with van der Waals surface area (Å²) in [6.07, 6.45) is 5.02. The lowest BCUT2D eigenvalue weighted by Gasteiger charge is -2.21. The van der Waals surface area contributed by atoms with Crippen LogP contribution in [0.4, 0.5) is 5.82 Å². The minimum Gasteiger partial charge on any atom is -0.372 e. The van der Waals surface area contributed by atoms with E-state index >= 15 is 0 Å². The third-order valence-corrected chi connectivity index (χ3v) is 4.55. The maximum atomic E-state index is 12.3. The molecule has 108 valence electrons. The van der Waals surface area contributed by atoms with Gasteiger partial charge in [0.25, 0.3) is 5.91 Å². The van der Waals surface area contributed by atoms with Crippen LogP contribution in [0.1, 0.15) is 29.6 Å². The van der Waals surface area contributed by atoms with Crippen LogP contribution in [-0.4, -0.2) is 48.0 Å². The van der Waals surface area contributed by atoms with Crippen LogP contribution in [0.15, 0.2) is 12.3 Å². The van der Waals surface area contributed by atoms with Crippen LogP contribution in [0.5, 0.6) is 0 Å². The Bertz CT molecular complexity index is 522. The SMILES string of the molecule is CNc1ncc(C(=O)NC2CCN3CCCC23)cc1Cl. The van der Waals surface area contributed by atoms with Crippen LogP contribution < -0.4 is 10.6 Å². The molecule has 5 nitrogen and oxygen atoms in total. The average Bonchev–Trinajstić information content (AvgIpc) is 3.03. The van der Waals surface area contributed by atoms with Gasteiger partial charge in [0.15, 0.2) is 0 Å². The molecule has 2 saturated heterocycles. The van der Waals surface area contributed by atoms with Crippen molar-refractivity contribution >= 4 is 23.3 Å². The highest BCUT2D eigenvalue weighted by Gasteiger charge is 2.37. The van der Waals surface area contributed by atoms with Gasteiger partial charge in [-0.3, -0.25) is 9.69 Å². The Morgan fingerprint density at radius 3 is 3.05 bits per heavy atom. The number of pyridine rings is 1. The molecule has 1 amide bonds. The molecule has 3 heterocycles. The molecule has 0 aromatic carbocycles. The fourth-order valence-electron chi connectivity index (χ4n) is 3.25. The second-order valence-electron chi connectivity index (χ2n) is 5.42. The van der Waals surface area contributed by atoms with E-state index in [1.165, 1.54) is 19.4 Å². The van der Waals surface area contributed by atoms with Crippen LogP contribution >= 0.6 is 11.6 Å². The highest BCUT2D eigenvalue weighted by atomic mass is 35.5. The van der Waals surface area contributed by atoms with Crippen LogP contribution in [0.2, 0.25) is 5.02 Å². The van der Waals surface area contributed by atoms with Gasteiger partial charge >= 0.3 is 0 Å². The average molecular weight is 295 g/mol. The topological polar surface area (TPSA) is 57.3 Å². The van der Waals surface area contributed by atoms with Crippen molar-refractivity contribution in [2.75, 3.05) is 25.5 Å². The Morgan fingerprint density at radius 1 is 1.45 bits per heavy atom. The number of rotatable bonds is 3. The fourth-order valence-corrected chi connectivity index (χ4v) is 3.51. The number of aromatic nitrogens is 1. The van der Waals surface area contributed by atoms with Crippen molar-refractivity contribution in [1.29, 1.82) is 0 Å². The van der Waals surface area contributed by atoms with E-state index in [1.54, 1.807) is 19.3 Å². The highest BCUT2D eigenvalue weighted by Crippen LogP contribution is 2.28. The lowest BCUT2D eigenvalue weighted by molar-refractivity contribution is 0.0929. The van der Waals surface area contributed by atoms with Crippen molar-refractivity contribution in [2.24, 2.45) is 0 Å². The molecular weight excluding hydrogens is 276 g/mol. The van der Waals surface area contributed by atoms with Gasteiger partial charge in [0, 0.05) is 31.9 Å². The zero-order valence-corrected chi connectivity index (χ0v) is 12.3. The van der Waals surface area contributed by atoms with Crippen molar-refractivity contribution in [3.63, 3.8) is 0 Å². The molecule has 0 radical (unpaired) electrons. The molecule has 2 atom stereocenters. The van der Waals surface area contributed by atoms with Gasteiger partial charge in [-0.05, 0) is 31.9 Å². The Morgan fingerprint density at radius 2 is 2.30 bits per heavy atom. The second-order valence-corrected chi connectivity index (χ2v) is 5.83. The summed E-state index contributed by atoms with van der Waals surface area (Å²) in [5.74, 6) is 0.506. The Hall–Kier alpha value is -1.33. The number of fused-ring (bicyclic) bond motifs is 1. The third kappa shape index (κ3) is 2.47. The van der Waals surface area contributed by atoms with E-state index in [-0.39, 0.29) is 11.9 Å². The maximum absolute atomic E-state index is 12.3. The summed E-state index contributed by atoms with van der Waals surface area (Å²) in [5.41, 5.74) is 0.519. The summed E-state index contributed by atoms with van der Waals surface area (Å²) in [5, 5.41) is 6.48. The van der Waals surface area contributed by atoms with Gasteiger partial charge in [0.1, 0.15) is 5.82 Å². The van der Waals surface area contributed by atoms with Gasteiger partial charge in [-0.2, -0.15) is 0 Å². The molecule has 2 aliphatic rings. The van der Waals surface area contributed by atoms with Gasteiger partial charge in [0.05, 0.1) is 10.6 Å². The predicted molar refractivity (Wildman–Crippen MR) is 79.3 cm³/mol. The molecule has 2 unspecified atom stereocenters. The van der Waals surface area contributed by atoms with Gasteiger partial charge in [-0.25, -0.2) is 4.98 Å². The number of hydrogen-bond acceptors (Lipinski definition) is 4. The first-order valence-electron chi connectivity index (χ1n) is 7.07. The molecule has 3 rings (SSSR count). The molecule has 0 aliphatic carbocycles. The summed E-state index contributed by atoms with van der Waals surface area (Å²) in [6, 6.07) is 2.43. The van der Waals surface area contributed by atoms with E-state index in [2.05, 4.69) is 20.5 Å². The first kappa shape index (κ1) is 13.6. The highest BCUT2D eigenvalue weighted by molar-refractivity contribution is 6.33. The normalized spacial score (nSPS) is 25.5. The number of halogens is 1. The Labute approximate surface area is 123 Å². The number of nitrogens with one attached hydrogen (secondary N) is 2. The molecule has 1 aromatic rings. The van der Waals surface area contributed by atoms with E-state index in [0.717, 1.165) is 13.0 Å². The lowest BCUT2D eigenvalue weighted by atomic mass is 10.1. The van der Waals surface area contributed by atoms with Gasteiger partial charge in [-0.1, -0.05) is 11.6 Å². The van der Waals surface area contributed by atoms with E-state index < -0.39 is 0 Å². The molecular formula is C14H19ClN4O. The number of carbonyl (C=O) groups is 1. The first-order valence-corrected chi connectivity index (χ1v) is 7.45. The van der Waals surface area contributed by atoms with Crippen LogP contribution in [0, 0.1) is 0 Å². The van der Waals surface area contributed by atoms with Crippen molar-refractivity contribution in [3.05, 3.63) is 22.8 Å². The van der Waals surface area contributed by atoms with Crippen molar-refractivity contribution < 1.29 is 4.79 Å². The van der Waals surface area contributed by atoms with Crippen LogP contribution in [0.3, 0.4) is 0 Å². The molecule has 2 fully saturated rings. The summed E-state index contributed by atoms with van der Waals surface area (Å²) >= 11 is 6.07. The molecule has 2 N–H and O–H groups in total. The fraction of sp³-hybridized carbons (Fsp3) is 0.571. The largest absolute Gasteiger partial charge is 0.372 e. The van der Waals surface area contributed by atoms with E-state index in [9.17, 15) is 4.79 Å². The zero-order chi connectivity index (χ0) is 14.1. The van der Waals surface area contributed by atoms with Gasteiger partial charge < -0.3 is 10.6 Å². The smallest absolute Gasteiger partial charge is 0.253 e. The van der Waals surface area contributed by atoms with E-state index in [0.29, 0.717) is 22.4 Å². The molecule has 2 aliphatic heterocycles. The quantitative estimate of drug-likeness (QED) is 0.892. The van der Waals surface area contributed by atoms with Gasteiger partial charge in [0.2, 0.25) is 0 Å². The Balaban J connectivity index is 1.68. The van der Waals surface area contributed by atoms with Gasteiger partial charge in [-0.15, -0.1) is 0 Å². The standard InChI is InChI=1S/C14H19ClN4O/c1-16-13-10(15)7-9(8-17-13)14(20)18-11-4-6-19-5-2-3-12(11)19/h7-8,11-12H,2-6H2,1H3,(H,16,17)(H,18,20). The minimum absolute atomic E-state index is 0.0826. The molecule has 6 heteroatoms. The second kappa shape index (κ2) is 5.58. The summed E-state index contributed by atoms with van der Waals surface area (Å²) in [7, 11) is 1.75. The molecule has 0 spiro atoms. The third-order valence-electron chi connectivity index (χ3n) is 4.26. The summed E-state index contributed by atoms with van der Waals surface area (Å²) < 4.78 is 0. The summed E-state index contributed by atoms with van der Waals surface area (Å²) in [4.78, 5) is 18.9. The molecule has 0 bridgehead atoms. The molecule has 20 heavy (non-hydrogen) atoms. The van der Waals surface area contributed by atoms with E-state index in [1.807, 2.05) is 0 Å². The number of anilines is 1. The number of hydrogen-bond donors (Lipinski definition) is 2. The van der Waals surface area contributed by atoms with Crippen molar-refractivity contribution in [2.45, 2.75) is 31.3 Å². The number of nitrogens with zero attached hydrogens (tertiary/aromatic N) is 2. The predicted octanol–water partition coefficient (Wildman–Crippen LogP) is 1.74. The number of amides is 1. The minimum atomic E-state index is -0.0826. The molecule has 1 aromatic heterocycles. The monoisotopic (exact) mass is 294 g/mol. The van der Waals surface area contributed by atoms with Crippen molar-refractivity contribution in [3.8, 4) is 0 Å². The number of carbonyl (C=O) groups excluding carboxylic acids is 1. The maximum Gasteiger partial charge on any atom is 0.253 e. The van der Waals surface area contributed by atoms with Crippen LogP contribution in [-0.2, 0) is 0 Å². The summed E-state index contributed by atoms with van der Waals surface area (Å²) in [6.45, 7) is 2.26. The zero-order valence-electron chi connectivity index (χ0n) is 11.5. The van der Waals surface area contributed by atoms with Crippen LogP contribution in [0.25, 0.3) is 0 Å².